The van der Waals surface area contributed by atoms with Crippen LogP contribution in [0.25, 0.3) is 10.6 Å². The van der Waals surface area contributed by atoms with Crippen molar-refractivity contribution in [2.45, 2.75) is 0 Å². The molecule has 0 bridgehead atoms. The van der Waals surface area contributed by atoms with E-state index < -0.39 is 0 Å². The topological polar surface area (TPSA) is 45.8 Å². The Bertz CT molecular complexity index is 398. The van der Waals surface area contributed by atoms with Gasteiger partial charge >= 0.3 is 0 Å². The molecular formula is C8H6N2OS. The second-order valence-electron chi connectivity index (χ2n) is 2.28. The Hall–Kier alpha value is -1.42. The Labute approximate surface area is 72.7 Å². The lowest BCUT2D eigenvalue weighted by Gasteiger charge is -1.91. The molecule has 0 aliphatic rings. The molecule has 0 aromatic carbocycles. The quantitative estimate of drug-likeness (QED) is 0.719. The molecular weight excluding hydrogens is 172 g/mol. The number of aromatic nitrogens is 2. The zero-order chi connectivity index (χ0) is 8.39. The van der Waals surface area contributed by atoms with Gasteiger partial charge in [-0.05, 0) is 17.5 Å². The molecule has 4 heteroatoms. The van der Waals surface area contributed by atoms with E-state index >= 15 is 0 Å². The van der Waals surface area contributed by atoms with Crippen LogP contribution < -0.4 is 5.56 Å². The SMILES string of the molecule is O=c1ccc(-c2cccs2)n[nH]1. The van der Waals surface area contributed by atoms with E-state index in [2.05, 4.69) is 10.2 Å². The number of aromatic amines is 1. The van der Waals surface area contributed by atoms with Crippen LogP contribution in [-0.2, 0) is 0 Å². The van der Waals surface area contributed by atoms with Crippen molar-refractivity contribution >= 4 is 11.3 Å². The number of hydrogen-bond donors (Lipinski definition) is 1. The van der Waals surface area contributed by atoms with Crippen molar-refractivity contribution in [1.29, 1.82) is 0 Å². The average molecular weight is 178 g/mol. The van der Waals surface area contributed by atoms with Crippen LogP contribution in [0, 0.1) is 0 Å². The van der Waals surface area contributed by atoms with Gasteiger partial charge in [0, 0.05) is 6.07 Å². The summed E-state index contributed by atoms with van der Waals surface area (Å²) in [7, 11) is 0. The lowest BCUT2D eigenvalue weighted by molar-refractivity contribution is 0.998. The van der Waals surface area contributed by atoms with E-state index in [0.717, 1.165) is 10.6 Å². The smallest absolute Gasteiger partial charge is 0.264 e. The van der Waals surface area contributed by atoms with E-state index in [-0.39, 0.29) is 5.56 Å². The molecule has 0 aliphatic carbocycles. The van der Waals surface area contributed by atoms with Gasteiger partial charge in [0.2, 0.25) is 0 Å². The van der Waals surface area contributed by atoms with Crippen LogP contribution >= 0.6 is 11.3 Å². The largest absolute Gasteiger partial charge is 0.268 e. The molecule has 60 valence electrons. The van der Waals surface area contributed by atoms with Gasteiger partial charge in [0.15, 0.2) is 0 Å². The van der Waals surface area contributed by atoms with Crippen LogP contribution in [0.1, 0.15) is 0 Å². The molecule has 0 aliphatic heterocycles. The number of H-pyrrole nitrogens is 1. The number of hydrogen-bond acceptors (Lipinski definition) is 3. The first-order valence-corrected chi connectivity index (χ1v) is 4.34. The molecule has 0 amide bonds. The molecule has 0 spiro atoms. The van der Waals surface area contributed by atoms with Gasteiger partial charge in [-0.3, -0.25) is 4.79 Å². The maximum absolute atomic E-state index is 10.7. The summed E-state index contributed by atoms with van der Waals surface area (Å²) in [5, 5.41) is 8.26. The van der Waals surface area contributed by atoms with Crippen molar-refractivity contribution in [2.75, 3.05) is 0 Å². The molecule has 2 aromatic heterocycles. The predicted octanol–water partition coefficient (Wildman–Crippen LogP) is 1.50. The Morgan fingerprint density at radius 3 is 2.83 bits per heavy atom. The minimum absolute atomic E-state index is 0.171. The molecule has 0 saturated heterocycles. The molecule has 0 fully saturated rings. The first kappa shape index (κ1) is 7.24. The lowest BCUT2D eigenvalue weighted by Crippen LogP contribution is -2.04. The normalized spacial score (nSPS) is 10.0. The van der Waals surface area contributed by atoms with Gasteiger partial charge in [-0.15, -0.1) is 11.3 Å². The third-order valence-electron chi connectivity index (χ3n) is 1.45. The minimum atomic E-state index is -0.171. The first-order valence-electron chi connectivity index (χ1n) is 3.46. The Morgan fingerprint density at radius 2 is 2.25 bits per heavy atom. The van der Waals surface area contributed by atoms with Crippen molar-refractivity contribution in [3.63, 3.8) is 0 Å². The van der Waals surface area contributed by atoms with Crippen molar-refractivity contribution < 1.29 is 0 Å². The maximum Gasteiger partial charge on any atom is 0.264 e. The van der Waals surface area contributed by atoms with E-state index in [0.29, 0.717) is 0 Å². The summed E-state index contributed by atoms with van der Waals surface area (Å²) >= 11 is 1.60. The summed E-state index contributed by atoms with van der Waals surface area (Å²) < 4.78 is 0. The monoisotopic (exact) mass is 178 g/mol. The zero-order valence-corrected chi connectivity index (χ0v) is 6.97. The first-order chi connectivity index (χ1) is 5.86. The molecule has 0 radical (unpaired) electrons. The van der Waals surface area contributed by atoms with Crippen LogP contribution in [0.3, 0.4) is 0 Å². The Balaban J connectivity index is 2.49. The summed E-state index contributed by atoms with van der Waals surface area (Å²) in [6.07, 6.45) is 0. The van der Waals surface area contributed by atoms with Crippen LogP contribution in [0.5, 0.6) is 0 Å². The van der Waals surface area contributed by atoms with Crippen molar-refractivity contribution in [3.05, 3.63) is 40.0 Å². The van der Waals surface area contributed by atoms with Gasteiger partial charge in [-0.1, -0.05) is 6.07 Å². The van der Waals surface area contributed by atoms with Crippen molar-refractivity contribution in [2.24, 2.45) is 0 Å². The lowest BCUT2D eigenvalue weighted by atomic mass is 10.3. The fourth-order valence-corrected chi connectivity index (χ4v) is 1.60. The highest BCUT2D eigenvalue weighted by atomic mass is 32.1. The second-order valence-corrected chi connectivity index (χ2v) is 3.23. The minimum Gasteiger partial charge on any atom is -0.268 e. The molecule has 2 aromatic rings. The van der Waals surface area contributed by atoms with Gasteiger partial charge in [0.1, 0.15) is 5.69 Å². The molecule has 1 N–H and O–H groups in total. The Kier molecular flexibility index (Phi) is 1.75. The van der Waals surface area contributed by atoms with E-state index in [4.69, 9.17) is 0 Å². The number of rotatable bonds is 1. The highest BCUT2D eigenvalue weighted by Gasteiger charge is 1.98. The summed E-state index contributed by atoms with van der Waals surface area (Å²) in [5.41, 5.74) is 0.639. The van der Waals surface area contributed by atoms with E-state index in [1.165, 1.54) is 6.07 Å². The Morgan fingerprint density at radius 1 is 1.33 bits per heavy atom. The fraction of sp³-hybridized carbons (Fsp3) is 0. The number of nitrogens with zero attached hydrogens (tertiary/aromatic N) is 1. The summed E-state index contributed by atoms with van der Waals surface area (Å²) in [5.74, 6) is 0. The van der Waals surface area contributed by atoms with Crippen LogP contribution in [0.2, 0.25) is 0 Å². The maximum atomic E-state index is 10.7. The summed E-state index contributed by atoms with van der Waals surface area (Å²) in [6.45, 7) is 0. The number of thiophene rings is 1. The zero-order valence-electron chi connectivity index (χ0n) is 6.15. The van der Waals surface area contributed by atoms with Gasteiger partial charge < -0.3 is 0 Å². The van der Waals surface area contributed by atoms with E-state index in [1.54, 1.807) is 17.4 Å². The van der Waals surface area contributed by atoms with Gasteiger partial charge in [0.25, 0.3) is 5.56 Å². The molecule has 0 unspecified atom stereocenters. The fourth-order valence-electron chi connectivity index (χ4n) is 0.906. The molecule has 2 heterocycles. The van der Waals surface area contributed by atoms with Crippen molar-refractivity contribution in [1.82, 2.24) is 10.2 Å². The van der Waals surface area contributed by atoms with Crippen molar-refractivity contribution in [3.8, 4) is 10.6 Å². The molecule has 12 heavy (non-hydrogen) atoms. The van der Waals surface area contributed by atoms with Gasteiger partial charge in [-0.25, -0.2) is 5.10 Å². The summed E-state index contributed by atoms with van der Waals surface area (Å²) in [6, 6.07) is 7.10. The van der Waals surface area contributed by atoms with E-state index in [9.17, 15) is 4.79 Å². The predicted molar refractivity (Wildman–Crippen MR) is 48.2 cm³/mol. The van der Waals surface area contributed by atoms with Crippen LogP contribution in [0.4, 0.5) is 0 Å². The standard InChI is InChI=1S/C8H6N2OS/c11-8-4-3-6(9-10-8)7-2-1-5-12-7/h1-5H,(H,10,11). The molecule has 3 nitrogen and oxygen atoms in total. The molecule has 2 rings (SSSR count). The highest BCUT2D eigenvalue weighted by Crippen LogP contribution is 2.20. The van der Waals surface area contributed by atoms with E-state index in [1.807, 2.05) is 17.5 Å². The third-order valence-corrected chi connectivity index (χ3v) is 2.35. The van der Waals surface area contributed by atoms with Crippen LogP contribution in [0.15, 0.2) is 34.4 Å². The highest BCUT2D eigenvalue weighted by molar-refractivity contribution is 7.13. The van der Waals surface area contributed by atoms with Gasteiger partial charge in [0.05, 0.1) is 4.88 Å². The van der Waals surface area contributed by atoms with Gasteiger partial charge in [-0.2, -0.15) is 5.10 Å². The third kappa shape index (κ3) is 1.29. The number of nitrogens with one attached hydrogen (secondary N) is 1. The molecule has 0 saturated carbocycles. The molecule has 0 atom stereocenters. The summed E-state index contributed by atoms with van der Waals surface area (Å²) in [4.78, 5) is 11.7. The average Bonchev–Trinajstić information content (AvgIpc) is 2.58. The van der Waals surface area contributed by atoms with Crippen LogP contribution in [-0.4, -0.2) is 10.2 Å². The second kappa shape index (κ2) is 2.91.